The molecule has 1 aromatic rings. The van der Waals surface area contributed by atoms with Crippen molar-refractivity contribution in [2.45, 2.75) is 6.42 Å². The molecule has 3 heteroatoms. The highest BCUT2D eigenvalue weighted by Crippen LogP contribution is 2.10. The van der Waals surface area contributed by atoms with Crippen LogP contribution in [-0.2, 0) is 4.79 Å². The maximum absolute atomic E-state index is 12.9. The minimum atomic E-state index is -0.623. The number of allylic oxidation sites excluding steroid dienone is 1. The highest BCUT2D eigenvalue weighted by Gasteiger charge is 1.98. The van der Waals surface area contributed by atoms with Crippen LogP contribution >= 0.6 is 0 Å². The summed E-state index contributed by atoms with van der Waals surface area (Å²) in [7, 11) is 0. The molecular formula is C10H8F2O. The highest BCUT2D eigenvalue weighted by atomic mass is 19.1. The van der Waals surface area contributed by atoms with Crippen molar-refractivity contribution in [2.75, 3.05) is 0 Å². The molecule has 1 nitrogen and oxygen atoms in total. The maximum atomic E-state index is 12.9. The summed E-state index contributed by atoms with van der Waals surface area (Å²) in [5.74, 6) is -1.23. The molecule has 0 atom stereocenters. The Bertz CT molecular complexity index is 332. The fraction of sp³-hybridized carbons (Fsp3) is 0.100. The van der Waals surface area contributed by atoms with Gasteiger partial charge in [-0.05, 0) is 12.1 Å². The Morgan fingerprint density at radius 1 is 1.31 bits per heavy atom. The van der Waals surface area contributed by atoms with Gasteiger partial charge in [-0.2, -0.15) is 0 Å². The summed E-state index contributed by atoms with van der Waals surface area (Å²) in [5.41, 5.74) is 0.281. The van der Waals surface area contributed by atoms with E-state index in [-0.39, 0.29) is 12.0 Å². The third-order valence-corrected chi connectivity index (χ3v) is 1.49. The maximum Gasteiger partial charge on any atom is 0.133 e. The van der Waals surface area contributed by atoms with Crippen molar-refractivity contribution in [3.8, 4) is 0 Å². The van der Waals surface area contributed by atoms with Crippen molar-refractivity contribution in [3.05, 3.63) is 41.5 Å². The minimum absolute atomic E-state index is 0.233. The van der Waals surface area contributed by atoms with Gasteiger partial charge in [-0.25, -0.2) is 8.78 Å². The molecule has 0 saturated heterocycles. The van der Waals surface area contributed by atoms with E-state index in [0.29, 0.717) is 6.29 Å². The largest absolute Gasteiger partial charge is 0.303 e. The van der Waals surface area contributed by atoms with Gasteiger partial charge in [0.05, 0.1) is 0 Å². The summed E-state index contributed by atoms with van der Waals surface area (Å²) >= 11 is 0. The van der Waals surface area contributed by atoms with Gasteiger partial charge in [-0.3, -0.25) is 0 Å². The molecule has 0 aliphatic heterocycles. The van der Waals surface area contributed by atoms with Crippen molar-refractivity contribution < 1.29 is 13.6 Å². The van der Waals surface area contributed by atoms with Gasteiger partial charge in [0.1, 0.15) is 17.9 Å². The molecule has 0 aliphatic carbocycles. The molecule has 0 fully saturated rings. The van der Waals surface area contributed by atoms with Gasteiger partial charge in [-0.15, -0.1) is 0 Å². The molecule has 1 aromatic carbocycles. The normalized spacial score (nSPS) is 10.6. The number of aldehydes is 1. The van der Waals surface area contributed by atoms with Crippen molar-refractivity contribution >= 4 is 12.4 Å². The second kappa shape index (κ2) is 4.50. The van der Waals surface area contributed by atoms with Crippen LogP contribution in [0.5, 0.6) is 0 Å². The summed E-state index contributed by atoms with van der Waals surface area (Å²) in [6.45, 7) is 0. The van der Waals surface area contributed by atoms with Crippen LogP contribution in [0.25, 0.3) is 6.08 Å². The molecule has 0 aliphatic rings. The Balaban J connectivity index is 2.83. The Hall–Kier alpha value is -1.51. The predicted molar refractivity (Wildman–Crippen MR) is 46.1 cm³/mol. The van der Waals surface area contributed by atoms with Gasteiger partial charge < -0.3 is 4.79 Å². The molecule has 0 spiro atoms. The summed E-state index contributed by atoms with van der Waals surface area (Å²) in [4.78, 5) is 9.93. The van der Waals surface area contributed by atoms with E-state index >= 15 is 0 Å². The minimum Gasteiger partial charge on any atom is -0.303 e. The number of rotatable bonds is 3. The van der Waals surface area contributed by atoms with Crippen molar-refractivity contribution in [1.29, 1.82) is 0 Å². The molecule has 1 rings (SSSR count). The van der Waals surface area contributed by atoms with E-state index in [1.165, 1.54) is 24.3 Å². The lowest BCUT2D eigenvalue weighted by molar-refractivity contribution is -0.107. The average Bonchev–Trinajstić information content (AvgIpc) is 2.09. The van der Waals surface area contributed by atoms with Crippen LogP contribution in [0.2, 0.25) is 0 Å². The van der Waals surface area contributed by atoms with E-state index < -0.39 is 11.6 Å². The first-order chi connectivity index (χ1) is 6.24. The van der Waals surface area contributed by atoms with Gasteiger partial charge >= 0.3 is 0 Å². The smallest absolute Gasteiger partial charge is 0.133 e. The molecular weight excluding hydrogens is 174 g/mol. The van der Waals surface area contributed by atoms with Gasteiger partial charge in [0, 0.05) is 18.1 Å². The Labute approximate surface area is 74.7 Å². The molecule has 0 heterocycles. The van der Waals surface area contributed by atoms with Crippen LogP contribution in [-0.4, -0.2) is 6.29 Å². The van der Waals surface area contributed by atoms with Crippen LogP contribution in [0.4, 0.5) is 8.78 Å². The van der Waals surface area contributed by atoms with Crippen LogP contribution < -0.4 is 0 Å². The zero-order valence-electron chi connectivity index (χ0n) is 6.84. The first-order valence-corrected chi connectivity index (χ1v) is 3.79. The number of hydrogen-bond acceptors (Lipinski definition) is 1. The van der Waals surface area contributed by atoms with Crippen molar-refractivity contribution in [3.63, 3.8) is 0 Å². The number of hydrogen-bond donors (Lipinski definition) is 0. The Kier molecular flexibility index (Phi) is 3.31. The second-order valence-electron chi connectivity index (χ2n) is 2.47. The molecule has 0 radical (unpaired) electrons. The first-order valence-electron chi connectivity index (χ1n) is 3.79. The fourth-order valence-corrected chi connectivity index (χ4v) is 0.887. The fourth-order valence-electron chi connectivity index (χ4n) is 0.887. The number of carbonyl (C=O) groups excluding carboxylic acids is 1. The zero-order valence-corrected chi connectivity index (χ0v) is 6.84. The predicted octanol–water partition coefficient (Wildman–Crippen LogP) is 2.57. The molecule has 0 unspecified atom stereocenters. The second-order valence-corrected chi connectivity index (χ2v) is 2.47. The van der Waals surface area contributed by atoms with Crippen LogP contribution in [0.15, 0.2) is 24.3 Å². The van der Waals surface area contributed by atoms with E-state index in [1.54, 1.807) is 0 Å². The molecule has 68 valence electrons. The van der Waals surface area contributed by atoms with E-state index in [9.17, 15) is 13.6 Å². The van der Waals surface area contributed by atoms with Gasteiger partial charge in [0.25, 0.3) is 0 Å². The van der Waals surface area contributed by atoms with Gasteiger partial charge in [0.15, 0.2) is 0 Å². The van der Waals surface area contributed by atoms with E-state index in [1.807, 2.05) is 0 Å². The Morgan fingerprint density at radius 2 is 2.08 bits per heavy atom. The zero-order chi connectivity index (χ0) is 9.68. The lowest BCUT2D eigenvalue weighted by atomic mass is 10.2. The topological polar surface area (TPSA) is 17.1 Å². The van der Waals surface area contributed by atoms with Crippen molar-refractivity contribution in [2.24, 2.45) is 0 Å². The quantitative estimate of drug-likeness (QED) is 0.656. The van der Waals surface area contributed by atoms with E-state index in [0.717, 1.165) is 6.07 Å². The van der Waals surface area contributed by atoms with Crippen LogP contribution in [0.3, 0.4) is 0 Å². The summed E-state index contributed by atoms with van der Waals surface area (Å²) in [6, 6.07) is 3.30. The average molecular weight is 182 g/mol. The summed E-state index contributed by atoms with van der Waals surface area (Å²) in [6.07, 6.45) is 3.90. The van der Waals surface area contributed by atoms with Crippen LogP contribution in [0, 0.1) is 11.6 Å². The first kappa shape index (κ1) is 9.58. The molecule has 0 saturated carbocycles. The van der Waals surface area contributed by atoms with Gasteiger partial charge in [0.2, 0.25) is 0 Å². The van der Waals surface area contributed by atoms with Crippen molar-refractivity contribution in [1.82, 2.24) is 0 Å². The van der Waals surface area contributed by atoms with Crippen LogP contribution in [0.1, 0.15) is 12.0 Å². The third-order valence-electron chi connectivity index (χ3n) is 1.49. The molecule has 0 bridgehead atoms. The lowest BCUT2D eigenvalue weighted by Gasteiger charge is -1.95. The standard InChI is InChI=1S/C10H8F2O/c11-9-5-4-8(10(12)7-9)3-1-2-6-13/h1,3-7H,2H2/b3-1+. The monoisotopic (exact) mass is 182 g/mol. The van der Waals surface area contributed by atoms with E-state index in [4.69, 9.17) is 0 Å². The Morgan fingerprint density at radius 3 is 2.69 bits per heavy atom. The SMILES string of the molecule is O=CC/C=C/c1ccc(F)cc1F. The number of halogens is 2. The summed E-state index contributed by atoms with van der Waals surface area (Å²) in [5, 5.41) is 0. The van der Waals surface area contributed by atoms with E-state index in [2.05, 4.69) is 0 Å². The number of benzene rings is 1. The molecule has 0 N–H and O–H groups in total. The summed E-state index contributed by atoms with van der Waals surface area (Å²) < 4.78 is 25.3. The molecule has 0 aromatic heterocycles. The third kappa shape index (κ3) is 2.78. The number of carbonyl (C=O) groups is 1. The molecule has 0 amide bonds. The van der Waals surface area contributed by atoms with Gasteiger partial charge in [-0.1, -0.05) is 12.2 Å². The molecule has 13 heavy (non-hydrogen) atoms. The lowest BCUT2D eigenvalue weighted by Crippen LogP contribution is -1.83. The highest BCUT2D eigenvalue weighted by molar-refractivity contribution is 5.58.